The van der Waals surface area contributed by atoms with Gasteiger partial charge in [-0.1, -0.05) is 41.9 Å². The van der Waals surface area contributed by atoms with Crippen molar-refractivity contribution in [3.05, 3.63) is 82.3 Å². The molecule has 3 heterocycles. The number of anilines is 1. The number of nitrogens with zero attached hydrogens (tertiary/aromatic N) is 4. The molecular formula is C25H25ClF2N4O. The quantitative estimate of drug-likeness (QED) is 0.524. The minimum Gasteiger partial charge on any atom is -0.487 e. The molecule has 172 valence electrons. The fourth-order valence-electron chi connectivity index (χ4n) is 4.47. The van der Waals surface area contributed by atoms with Gasteiger partial charge in [-0.2, -0.15) is 0 Å². The van der Waals surface area contributed by atoms with Crippen molar-refractivity contribution in [2.24, 2.45) is 0 Å². The Morgan fingerprint density at radius 2 is 1.76 bits per heavy atom. The SMILES string of the molecule is Fc1ccc(OC2CCN(c3nc4c(nc3Cl)CN(Cc3ccccc3)CC4)CC2)c(F)c1. The molecule has 1 saturated heterocycles. The molecule has 2 aromatic carbocycles. The molecule has 0 N–H and O–H groups in total. The number of hydrogen-bond donors (Lipinski definition) is 0. The highest BCUT2D eigenvalue weighted by Gasteiger charge is 2.27. The average molecular weight is 471 g/mol. The van der Waals surface area contributed by atoms with E-state index in [1.807, 2.05) is 6.07 Å². The number of piperidine rings is 1. The zero-order chi connectivity index (χ0) is 22.8. The molecule has 1 aromatic heterocycles. The maximum Gasteiger partial charge on any atom is 0.171 e. The molecule has 5 nitrogen and oxygen atoms in total. The smallest absolute Gasteiger partial charge is 0.171 e. The van der Waals surface area contributed by atoms with Crippen LogP contribution in [0.4, 0.5) is 14.6 Å². The molecule has 3 aromatic rings. The Balaban J connectivity index is 1.21. The normalized spacial score (nSPS) is 17.1. The number of halogens is 3. The number of hydrogen-bond acceptors (Lipinski definition) is 5. The Labute approximate surface area is 197 Å². The Hall–Kier alpha value is -2.77. The van der Waals surface area contributed by atoms with Crippen LogP contribution in [-0.2, 0) is 19.5 Å². The third kappa shape index (κ3) is 5.09. The van der Waals surface area contributed by atoms with E-state index in [9.17, 15) is 8.78 Å². The lowest BCUT2D eigenvalue weighted by Gasteiger charge is -2.34. The van der Waals surface area contributed by atoms with Crippen LogP contribution < -0.4 is 9.64 Å². The molecule has 5 rings (SSSR count). The maximum absolute atomic E-state index is 13.9. The van der Waals surface area contributed by atoms with Crippen molar-refractivity contribution in [3.8, 4) is 5.75 Å². The van der Waals surface area contributed by atoms with Crippen LogP contribution in [0.25, 0.3) is 0 Å². The van der Waals surface area contributed by atoms with Crippen LogP contribution >= 0.6 is 11.6 Å². The third-order valence-corrected chi connectivity index (χ3v) is 6.46. The molecular weight excluding hydrogens is 446 g/mol. The van der Waals surface area contributed by atoms with E-state index < -0.39 is 11.6 Å². The number of fused-ring (bicyclic) bond motifs is 1. The number of rotatable bonds is 5. The first-order valence-corrected chi connectivity index (χ1v) is 11.6. The maximum atomic E-state index is 13.9. The average Bonchev–Trinajstić information content (AvgIpc) is 2.82. The van der Waals surface area contributed by atoms with Gasteiger partial charge >= 0.3 is 0 Å². The molecule has 0 radical (unpaired) electrons. The van der Waals surface area contributed by atoms with E-state index >= 15 is 0 Å². The van der Waals surface area contributed by atoms with Crippen molar-refractivity contribution in [2.45, 2.75) is 38.5 Å². The summed E-state index contributed by atoms with van der Waals surface area (Å²) in [6, 6.07) is 13.8. The summed E-state index contributed by atoms with van der Waals surface area (Å²) >= 11 is 6.55. The van der Waals surface area contributed by atoms with Crippen molar-refractivity contribution >= 4 is 17.4 Å². The summed E-state index contributed by atoms with van der Waals surface area (Å²) in [5.74, 6) is -0.499. The van der Waals surface area contributed by atoms with E-state index in [0.29, 0.717) is 36.9 Å². The Morgan fingerprint density at radius 1 is 0.970 bits per heavy atom. The van der Waals surface area contributed by atoms with Gasteiger partial charge < -0.3 is 9.64 Å². The summed E-state index contributed by atoms with van der Waals surface area (Å²) in [7, 11) is 0. The largest absolute Gasteiger partial charge is 0.487 e. The van der Waals surface area contributed by atoms with Crippen LogP contribution in [0.1, 0.15) is 29.8 Å². The first kappa shape index (κ1) is 22.0. The predicted octanol–water partition coefficient (Wildman–Crippen LogP) is 5.01. The van der Waals surface area contributed by atoms with E-state index in [0.717, 1.165) is 43.5 Å². The second kappa shape index (κ2) is 9.61. The minimum absolute atomic E-state index is 0.0847. The van der Waals surface area contributed by atoms with Crippen molar-refractivity contribution in [1.29, 1.82) is 0 Å². The van der Waals surface area contributed by atoms with Crippen molar-refractivity contribution < 1.29 is 13.5 Å². The summed E-state index contributed by atoms with van der Waals surface area (Å²) in [6.07, 6.45) is 2.08. The van der Waals surface area contributed by atoms with Gasteiger partial charge in [0, 0.05) is 58.1 Å². The second-order valence-corrected chi connectivity index (χ2v) is 8.91. The molecule has 0 saturated carbocycles. The van der Waals surface area contributed by atoms with Gasteiger partial charge in [-0.3, -0.25) is 4.90 Å². The molecule has 0 spiro atoms. The summed E-state index contributed by atoms with van der Waals surface area (Å²) in [4.78, 5) is 14.0. The minimum atomic E-state index is -0.678. The van der Waals surface area contributed by atoms with E-state index in [1.165, 1.54) is 17.7 Å². The van der Waals surface area contributed by atoms with Gasteiger partial charge in [0.05, 0.1) is 11.4 Å². The van der Waals surface area contributed by atoms with Gasteiger partial charge in [0.2, 0.25) is 0 Å². The number of ether oxygens (including phenoxy) is 1. The molecule has 0 bridgehead atoms. The summed E-state index contributed by atoms with van der Waals surface area (Å²) in [6.45, 7) is 3.90. The van der Waals surface area contributed by atoms with Gasteiger partial charge in [0.15, 0.2) is 22.5 Å². The summed E-state index contributed by atoms with van der Waals surface area (Å²) < 4.78 is 32.8. The lowest BCUT2D eigenvalue weighted by atomic mass is 10.1. The number of benzene rings is 2. The Kier molecular flexibility index (Phi) is 6.42. The lowest BCUT2D eigenvalue weighted by Crippen LogP contribution is -2.39. The van der Waals surface area contributed by atoms with Gasteiger partial charge in [-0.25, -0.2) is 18.7 Å². The van der Waals surface area contributed by atoms with E-state index in [1.54, 1.807) is 0 Å². The molecule has 33 heavy (non-hydrogen) atoms. The monoisotopic (exact) mass is 470 g/mol. The van der Waals surface area contributed by atoms with Crippen LogP contribution in [0.2, 0.25) is 5.15 Å². The highest BCUT2D eigenvalue weighted by Crippen LogP contribution is 2.30. The van der Waals surface area contributed by atoms with Crippen LogP contribution in [-0.4, -0.2) is 40.6 Å². The summed E-state index contributed by atoms with van der Waals surface area (Å²) in [5.41, 5.74) is 3.23. The summed E-state index contributed by atoms with van der Waals surface area (Å²) in [5, 5.41) is 0.416. The Bertz CT molecular complexity index is 1120. The molecule has 8 heteroatoms. The molecule has 0 unspecified atom stereocenters. The topological polar surface area (TPSA) is 41.5 Å². The highest BCUT2D eigenvalue weighted by atomic mass is 35.5. The molecule has 2 aliphatic heterocycles. The zero-order valence-corrected chi connectivity index (χ0v) is 18.9. The van der Waals surface area contributed by atoms with E-state index in [4.69, 9.17) is 26.3 Å². The fraction of sp³-hybridized carbons (Fsp3) is 0.360. The molecule has 2 aliphatic rings. The van der Waals surface area contributed by atoms with Crippen LogP contribution in [0.5, 0.6) is 5.75 Å². The van der Waals surface area contributed by atoms with Gasteiger partial charge in [-0.05, 0) is 17.7 Å². The van der Waals surface area contributed by atoms with Gasteiger partial charge in [0.1, 0.15) is 11.9 Å². The lowest BCUT2D eigenvalue weighted by molar-refractivity contribution is 0.163. The van der Waals surface area contributed by atoms with Crippen molar-refractivity contribution in [2.75, 3.05) is 24.5 Å². The third-order valence-electron chi connectivity index (χ3n) is 6.21. The van der Waals surface area contributed by atoms with Gasteiger partial charge in [0.25, 0.3) is 0 Å². The molecule has 0 atom stereocenters. The van der Waals surface area contributed by atoms with Crippen LogP contribution in [0.15, 0.2) is 48.5 Å². The van der Waals surface area contributed by atoms with E-state index in [2.05, 4.69) is 34.1 Å². The molecule has 0 aliphatic carbocycles. The van der Waals surface area contributed by atoms with Crippen molar-refractivity contribution in [1.82, 2.24) is 14.9 Å². The van der Waals surface area contributed by atoms with Gasteiger partial charge in [-0.15, -0.1) is 0 Å². The standard InChI is InChI=1S/C25H25ClF2N4O/c26-24-25(32-12-8-19(9-13-32)33-23-7-6-18(27)14-20(23)28)30-21-10-11-31(16-22(21)29-24)15-17-4-2-1-3-5-17/h1-7,14,19H,8-13,15-16H2. The first-order chi connectivity index (χ1) is 16.0. The van der Waals surface area contributed by atoms with E-state index in [-0.39, 0.29) is 11.9 Å². The second-order valence-electron chi connectivity index (χ2n) is 8.56. The highest BCUT2D eigenvalue weighted by molar-refractivity contribution is 6.31. The number of aromatic nitrogens is 2. The predicted molar refractivity (Wildman–Crippen MR) is 124 cm³/mol. The fourth-order valence-corrected chi connectivity index (χ4v) is 4.73. The zero-order valence-electron chi connectivity index (χ0n) is 18.2. The Morgan fingerprint density at radius 3 is 2.52 bits per heavy atom. The first-order valence-electron chi connectivity index (χ1n) is 11.2. The van der Waals surface area contributed by atoms with Crippen molar-refractivity contribution in [3.63, 3.8) is 0 Å². The molecule has 1 fully saturated rings. The van der Waals surface area contributed by atoms with Crippen LogP contribution in [0, 0.1) is 11.6 Å². The van der Waals surface area contributed by atoms with Crippen LogP contribution in [0.3, 0.4) is 0 Å². The molecule has 0 amide bonds.